The number of carbonyl (C=O) groups is 1. The SMILES string of the molecule is CN(Cc1ccccc1)C(=O)c1ccc(-c2cnn(-c3ccc(OC(F)(F)F)cc3)c2)nc1. The van der Waals surface area contributed by atoms with Crippen molar-refractivity contribution in [2.75, 3.05) is 7.05 Å². The number of alkyl halides is 3. The lowest BCUT2D eigenvalue weighted by Gasteiger charge is -2.17. The number of amides is 1. The van der Waals surface area contributed by atoms with E-state index >= 15 is 0 Å². The number of carbonyl (C=O) groups excluding carboxylic acids is 1. The minimum Gasteiger partial charge on any atom is -0.406 e. The molecule has 0 radical (unpaired) electrons. The zero-order valence-electron chi connectivity index (χ0n) is 17.5. The zero-order chi connectivity index (χ0) is 23.4. The molecule has 0 aliphatic rings. The van der Waals surface area contributed by atoms with Crippen molar-refractivity contribution in [3.05, 3.63) is 96.4 Å². The number of ether oxygens (including phenoxy) is 1. The third kappa shape index (κ3) is 5.57. The average molecular weight is 452 g/mol. The van der Waals surface area contributed by atoms with E-state index in [0.717, 1.165) is 5.56 Å². The van der Waals surface area contributed by atoms with Crippen LogP contribution in [0, 0.1) is 0 Å². The van der Waals surface area contributed by atoms with Crippen LogP contribution in [0.1, 0.15) is 15.9 Å². The van der Waals surface area contributed by atoms with Crippen LogP contribution in [0.2, 0.25) is 0 Å². The molecule has 0 bridgehead atoms. The lowest BCUT2D eigenvalue weighted by Crippen LogP contribution is -2.26. The monoisotopic (exact) mass is 452 g/mol. The highest BCUT2D eigenvalue weighted by Gasteiger charge is 2.31. The fourth-order valence-corrected chi connectivity index (χ4v) is 3.24. The van der Waals surface area contributed by atoms with Gasteiger partial charge in [0.25, 0.3) is 5.91 Å². The number of nitrogens with zero attached hydrogens (tertiary/aromatic N) is 4. The van der Waals surface area contributed by atoms with E-state index in [2.05, 4.69) is 14.8 Å². The second-order valence-electron chi connectivity index (χ2n) is 7.29. The number of hydrogen-bond donors (Lipinski definition) is 0. The summed E-state index contributed by atoms with van der Waals surface area (Å²) in [5.41, 5.74) is 3.36. The Morgan fingerprint density at radius 3 is 2.36 bits per heavy atom. The summed E-state index contributed by atoms with van der Waals surface area (Å²) in [6.07, 6.45) is 0.0617. The van der Waals surface area contributed by atoms with Crippen LogP contribution >= 0.6 is 0 Å². The van der Waals surface area contributed by atoms with Gasteiger partial charge in [0.2, 0.25) is 0 Å². The van der Waals surface area contributed by atoms with E-state index in [4.69, 9.17) is 0 Å². The third-order valence-corrected chi connectivity index (χ3v) is 4.83. The Labute approximate surface area is 187 Å². The normalized spacial score (nSPS) is 11.3. The summed E-state index contributed by atoms with van der Waals surface area (Å²) < 4.78 is 42.3. The van der Waals surface area contributed by atoms with E-state index in [1.165, 1.54) is 35.1 Å². The molecule has 0 atom stereocenters. The highest BCUT2D eigenvalue weighted by Crippen LogP contribution is 2.24. The molecule has 9 heteroatoms. The second kappa shape index (κ2) is 9.15. The lowest BCUT2D eigenvalue weighted by molar-refractivity contribution is -0.274. The number of rotatable bonds is 6. The fraction of sp³-hybridized carbons (Fsp3) is 0.125. The van der Waals surface area contributed by atoms with E-state index < -0.39 is 6.36 Å². The first-order valence-electron chi connectivity index (χ1n) is 9.95. The molecule has 168 valence electrons. The summed E-state index contributed by atoms with van der Waals surface area (Å²) in [5, 5.41) is 4.24. The molecule has 6 nitrogen and oxygen atoms in total. The van der Waals surface area contributed by atoms with Gasteiger partial charge in [-0.15, -0.1) is 13.2 Å². The molecule has 0 N–H and O–H groups in total. The molecular weight excluding hydrogens is 433 g/mol. The van der Waals surface area contributed by atoms with Gasteiger partial charge in [-0.05, 0) is 42.0 Å². The van der Waals surface area contributed by atoms with Crippen LogP contribution < -0.4 is 4.74 Å². The molecule has 4 aromatic rings. The summed E-state index contributed by atoms with van der Waals surface area (Å²) in [6, 6.07) is 18.5. The topological polar surface area (TPSA) is 60.2 Å². The van der Waals surface area contributed by atoms with Gasteiger partial charge in [-0.1, -0.05) is 30.3 Å². The second-order valence-corrected chi connectivity index (χ2v) is 7.29. The van der Waals surface area contributed by atoms with Crippen molar-refractivity contribution in [1.82, 2.24) is 19.7 Å². The molecule has 2 aromatic carbocycles. The number of pyridine rings is 1. The molecule has 2 aromatic heterocycles. The predicted molar refractivity (Wildman–Crippen MR) is 116 cm³/mol. The van der Waals surface area contributed by atoms with E-state index in [9.17, 15) is 18.0 Å². The van der Waals surface area contributed by atoms with Crippen molar-refractivity contribution in [3.8, 4) is 22.7 Å². The van der Waals surface area contributed by atoms with Crippen LogP contribution in [0.15, 0.2) is 85.3 Å². The Balaban J connectivity index is 1.44. The summed E-state index contributed by atoms with van der Waals surface area (Å²) in [5.74, 6) is -0.451. The van der Waals surface area contributed by atoms with Gasteiger partial charge in [0.15, 0.2) is 0 Å². The smallest absolute Gasteiger partial charge is 0.406 e. The van der Waals surface area contributed by atoms with Crippen molar-refractivity contribution in [2.24, 2.45) is 0 Å². The van der Waals surface area contributed by atoms with Gasteiger partial charge in [-0.2, -0.15) is 5.10 Å². The van der Waals surface area contributed by atoms with Crippen molar-refractivity contribution < 1.29 is 22.7 Å². The lowest BCUT2D eigenvalue weighted by atomic mass is 10.1. The minimum atomic E-state index is -4.74. The molecule has 0 fully saturated rings. The Morgan fingerprint density at radius 1 is 1.00 bits per heavy atom. The number of halogens is 3. The Kier molecular flexibility index (Phi) is 6.12. The van der Waals surface area contributed by atoms with Gasteiger partial charge in [-0.3, -0.25) is 9.78 Å². The van der Waals surface area contributed by atoms with E-state index in [1.54, 1.807) is 36.5 Å². The summed E-state index contributed by atoms with van der Waals surface area (Å²) in [7, 11) is 1.73. The molecule has 0 unspecified atom stereocenters. The molecule has 4 rings (SSSR count). The predicted octanol–water partition coefficient (Wildman–Crippen LogP) is 5.11. The van der Waals surface area contributed by atoms with Crippen LogP contribution in [0.3, 0.4) is 0 Å². The maximum Gasteiger partial charge on any atom is 0.573 e. The van der Waals surface area contributed by atoms with Crippen LogP contribution in [-0.4, -0.2) is 39.0 Å². The molecule has 0 saturated heterocycles. The summed E-state index contributed by atoms with van der Waals surface area (Å²) in [6.45, 7) is 0.487. The van der Waals surface area contributed by atoms with Gasteiger partial charge >= 0.3 is 6.36 Å². The third-order valence-electron chi connectivity index (χ3n) is 4.83. The van der Waals surface area contributed by atoms with Crippen LogP contribution in [0.25, 0.3) is 16.9 Å². The molecule has 33 heavy (non-hydrogen) atoms. The highest BCUT2D eigenvalue weighted by molar-refractivity contribution is 5.94. The molecule has 0 spiro atoms. The molecular formula is C24H19F3N4O2. The minimum absolute atomic E-state index is 0.144. The summed E-state index contributed by atoms with van der Waals surface area (Å²) in [4.78, 5) is 18.7. The van der Waals surface area contributed by atoms with E-state index in [1.807, 2.05) is 30.3 Å². The van der Waals surface area contributed by atoms with E-state index in [-0.39, 0.29) is 11.7 Å². The largest absolute Gasteiger partial charge is 0.573 e. The quantitative estimate of drug-likeness (QED) is 0.408. The maximum atomic E-state index is 12.7. The van der Waals surface area contributed by atoms with Crippen LogP contribution in [0.4, 0.5) is 13.2 Å². The van der Waals surface area contributed by atoms with Crippen molar-refractivity contribution in [1.29, 1.82) is 0 Å². The molecule has 1 amide bonds. The first-order valence-corrected chi connectivity index (χ1v) is 9.95. The number of benzene rings is 2. The van der Waals surface area contributed by atoms with Crippen molar-refractivity contribution in [2.45, 2.75) is 12.9 Å². The van der Waals surface area contributed by atoms with Gasteiger partial charge in [0.1, 0.15) is 5.75 Å². The molecule has 0 aliphatic carbocycles. The standard InChI is InChI=1S/C24H19F3N4O2/c1-30(15-17-5-3-2-4-6-17)23(32)18-7-12-22(28-13-18)19-14-29-31(16-19)20-8-10-21(11-9-20)33-24(25,26)27/h2-14,16H,15H2,1H3. The first-order chi connectivity index (χ1) is 15.8. The Hall–Kier alpha value is -4.14. The van der Waals surface area contributed by atoms with Gasteiger partial charge < -0.3 is 9.64 Å². The van der Waals surface area contributed by atoms with Crippen LogP contribution in [0.5, 0.6) is 5.75 Å². The molecule has 0 aliphatic heterocycles. The summed E-state index contributed by atoms with van der Waals surface area (Å²) >= 11 is 0. The zero-order valence-corrected chi connectivity index (χ0v) is 17.5. The average Bonchev–Trinajstić information content (AvgIpc) is 3.29. The van der Waals surface area contributed by atoms with Crippen molar-refractivity contribution in [3.63, 3.8) is 0 Å². The van der Waals surface area contributed by atoms with E-state index in [0.29, 0.717) is 29.1 Å². The van der Waals surface area contributed by atoms with Gasteiger partial charge in [0.05, 0.1) is 23.1 Å². The number of hydrogen-bond acceptors (Lipinski definition) is 4. The van der Waals surface area contributed by atoms with Crippen LogP contribution in [-0.2, 0) is 6.54 Å². The Morgan fingerprint density at radius 2 is 1.73 bits per heavy atom. The molecule has 0 saturated carbocycles. The highest BCUT2D eigenvalue weighted by atomic mass is 19.4. The maximum absolute atomic E-state index is 12.7. The van der Waals surface area contributed by atoms with Gasteiger partial charge in [-0.25, -0.2) is 4.68 Å². The van der Waals surface area contributed by atoms with Crippen molar-refractivity contribution >= 4 is 5.91 Å². The van der Waals surface area contributed by atoms with Gasteiger partial charge in [0, 0.05) is 31.5 Å². The first kappa shape index (κ1) is 22.1. The molecule has 2 heterocycles. The fourth-order valence-electron chi connectivity index (χ4n) is 3.24. The number of aromatic nitrogens is 3. The Bertz CT molecular complexity index is 1220.